The highest BCUT2D eigenvalue weighted by molar-refractivity contribution is 7.88. The number of nitrogens with zero attached hydrogens (tertiary/aromatic N) is 7. The summed E-state index contributed by atoms with van der Waals surface area (Å²) in [6.07, 6.45) is 20.8. The second-order valence-corrected chi connectivity index (χ2v) is 26.7. The van der Waals surface area contributed by atoms with Gasteiger partial charge in [-0.3, -0.25) is 9.59 Å². The molecular weight excluding hydrogens is 1170 g/mol. The highest BCUT2D eigenvalue weighted by atomic mass is 35.5. The Morgan fingerprint density at radius 1 is 0.524 bits per heavy atom. The summed E-state index contributed by atoms with van der Waals surface area (Å²) in [6.45, 7) is 8.63. The van der Waals surface area contributed by atoms with Crippen molar-refractivity contribution in [2.24, 2.45) is 5.92 Å². The van der Waals surface area contributed by atoms with E-state index in [0.29, 0.717) is 23.0 Å². The maximum absolute atomic E-state index is 12.0. The van der Waals surface area contributed by atoms with E-state index in [1.807, 2.05) is 84.5 Å². The van der Waals surface area contributed by atoms with Gasteiger partial charge in [-0.05, 0) is 124 Å². The Balaban J connectivity index is 0.000000110. The molecule has 0 radical (unpaired) electrons. The number of hydrogen-bond acceptors (Lipinski definition) is 10. The summed E-state index contributed by atoms with van der Waals surface area (Å²) in [5.74, 6) is 1.78. The Morgan fingerprint density at radius 3 is 1.37 bits per heavy atom. The SMILES string of the molecule is CC(=O)N1CC2CCC1CN2c1cc(Cl)cc2[nH]ccc12.COC(=O)C1CCN(c2cc(Cl)cc3[nH]ccc23)CC1.CS(=O)(=O)N1C2CCC1CN(c1cc(Cl)cc3[nH]ccc13)C2.Clc1cc(N2CCC(c3ncc[nH]3)CC2)c2cc[nH]c2c1. The van der Waals surface area contributed by atoms with Crippen molar-refractivity contribution in [3.63, 3.8) is 0 Å². The van der Waals surface area contributed by atoms with E-state index < -0.39 is 10.0 Å². The van der Waals surface area contributed by atoms with E-state index >= 15 is 0 Å². The quantitative estimate of drug-likeness (QED) is 0.0961. The molecule has 4 bridgehead atoms. The van der Waals surface area contributed by atoms with Gasteiger partial charge in [0.25, 0.3) is 0 Å². The number of piperazine rings is 2. The fourth-order valence-corrected chi connectivity index (χ4v) is 16.3. The van der Waals surface area contributed by atoms with Crippen molar-refractivity contribution < 1.29 is 22.7 Å². The van der Waals surface area contributed by atoms with E-state index in [1.165, 1.54) is 40.9 Å². The summed E-state index contributed by atoms with van der Waals surface area (Å²) in [7, 11) is -1.68. The van der Waals surface area contributed by atoms with Crippen LogP contribution in [0, 0.1) is 5.92 Å². The highest BCUT2D eigenvalue weighted by Gasteiger charge is 2.45. The first kappa shape index (κ1) is 57.9. The number of carbonyl (C=O) groups is 2. The molecule has 5 N–H and O–H groups in total. The van der Waals surface area contributed by atoms with Crippen molar-refractivity contribution in [2.75, 3.05) is 85.3 Å². The number of sulfonamides is 1. The van der Waals surface area contributed by atoms with Gasteiger partial charge < -0.3 is 54.2 Å². The number of carbonyl (C=O) groups excluding carboxylic acids is 2. The molecule has 1 amide bonds. The summed E-state index contributed by atoms with van der Waals surface area (Å²) in [5, 5.41) is 7.73. The highest BCUT2D eigenvalue weighted by Crippen LogP contribution is 2.41. The van der Waals surface area contributed by atoms with Gasteiger partial charge in [-0.25, -0.2) is 13.4 Å². The first-order valence-electron chi connectivity index (χ1n) is 29.0. The lowest BCUT2D eigenvalue weighted by atomic mass is 9.90. The third kappa shape index (κ3) is 12.0. The standard InChI is InChI=1S/C16H17ClN4.C16H18ClN3O.C15H18ClN3O2S.C15H17ClN2O2/c17-12-9-14-13(1-4-18-14)15(10-12)21-7-2-11(3-8-21)16-19-5-6-20-16;1-10(21)19-8-13-3-2-12(19)9-20(13)16-7-11(17)6-15-14(16)4-5-18-15;1-22(20,21)19-11-2-3-12(19)9-18(8-11)15-7-10(16)6-14-13(15)4-5-17-14;1-20-15(19)10-3-6-18(7-4-10)14-9-11(16)8-13-12(14)2-5-17-13/h1,4-6,9-11,18H,2-3,7-8H2,(H,19,20);4-7,12-13,18H,2-3,8-9H2,1H3;4-7,11-12,17H,2-3,8-9H2,1H3;2,5,8-10,17H,3-4,6-7H2,1H3. The van der Waals surface area contributed by atoms with Gasteiger partial charge in [0.15, 0.2) is 0 Å². The number of fused-ring (bicyclic) bond motifs is 9. The van der Waals surface area contributed by atoms with Crippen LogP contribution in [0.3, 0.4) is 0 Å². The molecule has 4 unspecified atom stereocenters. The number of amides is 1. The van der Waals surface area contributed by atoms with Gasteiger partial charge in [0.1, 0.15) is 5.82 Å². The average molecular weight is 1240 g/mol. The first-order valence-corrected chi connectivity index (χ1v) is 32.3. The second kappa shape index (κ2) is 24.4. The molecule has 7 fully saturated rings. The third-order valence-electron chi connectivity index (χ3n) is 17.9. The van der Waals surface area contributed by atoms with Gasteiger partial charge in [0.05, 0.1) is 19.3 Å². The fourth-order valence-electron chi connectivity index (χ4n) is 14.0. The van der Waals surface area contributed by atoms with E-state index in [0.717, 1.165) is 163 Å². The van der Waals surface area contributed by atoms with Crippen LogP contribution in [0.4, 0.5) is 22.7 Å². The molecule has 0 saturated carbocycles. The summed E-state index contributed by atoms with van der Waals surface area (Å²) < 4.78 is 30.5. The van der Waals surface area contributed by atoms with Crippen LogP contribution < -0.4 is 19.6 Å². The molecule has 7 saturated heterocycles. The van der Waals surface area contributed by atoms with E-state index in [-0.39, 0.29) is 29.9 Å². The molecule has 12 heterocycles. The number of halogens is 4. The molecular formula is C62H70Cl4N12O5S. The minimum absolute atomic E-state index is 0.0251. The number of benzene rings is 4. The van der Waals surface area contributed by atoms with Crippen molar-refractivity contribution in [3.05, 3.63) is 136 Å². The van der Waals surface area contributed by atoms with Crippen molar-refractivity contribution in [3.8, 4) is 0 Å². The molecule has 84 heavy (non-hydrogen) atoms. The fraction of sp³-hybridized carbons (Fsp3) is 0.403. The van der Waals surface area contributed by atoms with Crippen molar-refractivity contribution in [1.82, 2.24) is 39.1 Å². The molecule has 442 valence electrons. The maximum Gasteiger partial charge on any atom is 0.308 e. The molecule has 7 aliphatic rings. The second-order valence-electron chi connectivity index (χ2n) is 23.1. The molecule has 4 atom stereocenters. The number of H-pyrrole nitrogens is 5. The topological polar surface area (TPSA) is 189 Å². The van der Waals surface area contributed by atoms with Crippen LogP contribution in [-0.2, 0) is 24.3 Å². The summed E-state index contributed by atoms with van der Waals surface area (Å²) >= 11 is 24.9. The molecule has 16 rings (SSSR count). The molecule has 4 aromatic carbocycles. The zero-order valence-corrected chi connectivity index (χ0v) is 51.1. The monoisotopic (exact) mass is 1230 g/mol. The number of nitrogens with one attached hydrogen (secondary N) is 5. The van der Waals surface area contributed by atoms with Crippen LogP contribution in [0.25, 0.3) is 43.6 Å². The summed E-state index contributed by atoms with van der Waals surface area (Å²) in [5.41, 5.74) is 8.88. The van der Waals surface area contributed by atoms with Crippen LogP contribution >= 0.6 is 46.4 Å². The Labute approximate surface area is 508 Å². The Kier molecular flexibility index (Phi) is 16.8. The Morgan fingerprint density at radius 2 is 0.952 bits per heavy atom. The van der Waals surface area contributed by atoms with Gasteiger partial charge in [-0.15, -0.1) is 0 Å². The lowest BCUT2D eigenvalue weighted by Crippen LogP contribution is -2.63. The van der Waals surface area contributed by atoms with Crippen LogP contribution in [-0.4, -0.2) is 149 Å². The van der Waals surface area contributed by atoms with Gasteiger partial charge in [0, 0.05) is 213 Å². The largest absolute Gasteiger partial charge is 0.469 e. The minimum Gasteiger partial charge on any atom is -0.469 e. The van der Waals surface area contributed by atoms with E-state index in [9.17, 15) is 18.0 Å². The Hall–Kier alpha value is -6.54. The number of methoxy groups -OCH3 is 1. The number of hydrogen-bond donors (Lipinski definition) is 5. The van der Waals surface area contributed by atoms with Gasteiger partial charge in [0.2, 0.25) is 15.9 Å². The normalized spacial score (nSPS) is 21.2. The zero-order valence-electron chi connectivity index (χ0n) is 47.3. The predicted molar refractivity (Wildman–Crippen MR) is 340 cm³/mol. The summed E-state index contributed by atoms with van der Waals surface area (Å²) in [4.78, 5) is 55.3. The number of imidazole rings is 1. The van der Waals surface area contributed by atoms with E-state index in [2.05, 4.69) is 79.8 Å². The zero-order chi connectivity index (χ0) is 58.4. The number of anilines is 4. The van der Waals surface area contributed by atoms with Crippen LogP contribution in [0.1, 0.15) is 70.0 Å². The number of aromatic nitrogens is 6. The molecule has 0 aliphatic carbocycles. The number of ether oxygens (including phenoxy) is 1. The van der Waals surface area contributed by atoms with Crippen molar-refractivity contribution in [1.29, 1.82) is 0 Å². The van der Waals surface area contributed by atoms with Gasteiger partial charge in [-0.2, -0.15) is 4.31 Å². The molecule has 5 aromatic heterocycles. The van der Waals surface area contributed by atoms with E-state index in [4.69, 9.17) is 51.1 Å². The third-order valence-corrected chi connectivity index (χ3v) is 20.2. The molecule has 17 nitrogen and oxygen atoms in total. The lowest BCUT2D eigenvalue weighted by molar-refractivity contribution is -0.146. The number of esters is 1. The number of aromatic amines is 5. The minimum atomic E-state index is -3.13. The van der Waals surface area contributed by atoms with Gasteiger partial charge in [-0.1, -0.05) is 46.4 Å². The summed E-state index contributed by atoms with van der Waals surface area (Å²) in [6, 6.07) is 25.1. The average Bonchev–Trinajstić information content (AvgIpc) is 2.49. The maximum atomic E-state index is 12.0. The number of rotatable bonds is 7. The molecule has 22 heteroatoms. The molecule has 7 aliphatic heterocycles. The lowest BCUT2D eigenvalue weighted by Gasteiger charge is -2.52. The van der Waals surface area contributed by atoms with E-state index in [1.54, 1.807) is 11.2 Å². The van der Waals surface area contributed by atoms with Gasteiger partial charge >= 0.3 is 5.97 Å². The van der Waals surface area contributed by atoms with Crippen molar-refractivity contribution in [2.45, 2.75) is 88.4 Å². The first-order chi connectivity index (χ1) is 40.6. The van der Waals surface area contributed by atoms with Crippen molar-refractivity contribution >= 4 is 135 Å². The van der Waals surface area contributed by atoms with Crippen LogP contribution in [0.15, 0.2) is 110 Å². The smallest absolute Gasteiger partial charge is 0.308 e. The van der Waals surface area contributed by atoms with Crippen LogP contribution in [0.2, 0.25) is 20.1 Å². The number of piperidine rings is 4. The molecule has 9 aromatic rings. The molecule has 0 spiro atoms. The Bertz CT molecular complexity index is 3910. The predicted octanol–water partition coefficient (Wildman–Crippen LogP) is 12.6. The van der Waals surface area contributed by atoms with Crippen LogP contribution in [0.5, 0.6) is 0 Å².